The molecule has 0 unspecified atom stereocenters. The molecular weight excluding hydrogens is 340 g/mol. The molecule has 0 heterocycles. The summed E-state index contributed by atoms with van der Waals surface area (Å²) in [4.78, 5) is 35.2. The molecule has 25 heavy (non-hydrogen) atoms. The fraction of sp³-hybridized carbons (Fsp3) is 0.222. The first-order valence-electron chi connectivity index (χ1n) is 7.84. The average molecular weight is 356 g/mol. The molecule has 128 valence electrons. The first-order chi connectivity index (χ1) is 12.0. The molecule has 0 aliphatic heterocycles. The van der Waals surface area contributed by atoms with Gasteiger partial charge in [0.25, 0.3) is 5.69 Å². The number of non-ortho nitro benzene ring substituents is 1. The number of benzene rings is 2. The van der Waals surface area contributed by atoms with Gasteiger partial charge in [-0.1, -0.05) is 18.2 Å². The summed E-state index contributed by atoms with van der Waals surface area (Å²) in [6, 6.07) is 13.0. The number of ketones is 1. The minimum Gasteiger partial charge on any atom is -0.326 e. The highest BCUT2D eigenvalue weighted by Gasteiger charge is 2.29. The van der Waals surface area contributed by atoms with E-state index in [4.69, 9.17) is 0 Å². The third-order valence-electron chi connectivity index (χ3n) is 3.80. The summed E-state index contributed by atoms with van der Waals surface area (Å²) in [6.07, 6.45) is 1.88. The number of hydrogen-bond acceptors (Lipinski definition) is 5. The van der Waals surface area contributed by atoms with Gasteiger partial charge < -0.3 is 5.32 Å². The lowest BCUT2D eigenvalue weighted by atomic mass is 10.1. The van der Waals surface area contributed by atoms with Crippen molar-refractivity contribution in [1.82, 2.24) is 0 Å². The fourth-order valence-corrected chi connectivity index (χ4v) is 3.13. The quantitative estimate of drug-likeness (QED) is 0.351. The Hall–Kier alpha value is -2.67. The lowest BCUT2D eigenvalue weighted by Crippen LogP contribution is -2.13. The standard InChI is InChI=1S/C18H16N2O4S/c21-17(13-3-1-5-15(9-13)20(23)24)11-25-16-6-2-4-14(10-16)19-18(22)12-7-8-12/h1-6,9-10,12H,7-8,11H2,(H,19,22). The maximum Gasteiger partial charge on any atom is 0.270 e. The summed E-state index contributed by atoms with van der Waals surface area (Å²) < 4.78 is 0. The van der Waals surface area contributed by atoms with Gasteiger partial charge in [0, 0.05) is 34.2 Å². The Labute approximate surface area is 148 Å². The Bertz CT molecular complexity index is 833. The Kier molecular flexibility index (Phi) is 5.14. The van der Waals surface area contributed by atoms with Gasteiger partial charge in [-0.15, -0.1) is 11.8 Å². The zero-order chi connectivity index (χ0) is 17.8. The second-order valence-corrected chi connectivity index (χ2v) is 6.86. The number of carbonyl (C=O) groups excluding carboxylic acids is 2. The van der Waals surface area contributed by atoms with Gasteiger partial charge in [-0.2, -0.15) is 0 Å². The van der Waals surface area contributed by atoms with Crippen molar-refractivity contribution >= 4 is 34.8 Å². The van der Waals surface area contributed by atoms with E-state index in [2.05, 4.69) is 5.32 Å². The molecule has 1 aliphatic carbocycles. The van der Waals surface area contributed by atoms with Gasteiger partial charge in [0.15, 0.2) is 5.78 Å². The maximum absolute atomic E-state index is 12.2. The molecule has 1 fully saturated rings. The van der Waals surface area contributed by atoms with Crippen LogP contribution in [0.4, 0.5) is 11.4 Å². The predicted molar refractivity (Wildman–Crippen MR) is 95.9 cm³/mol. The average Bonchev–Trinajstić information content (AvgIpc) is 3.45. The minimum atomic E-state index is -0.518. The molecule has 2 aromatic carbocycles. The first-order valence-corrected chi connectivity index (χ1v) is 8.83. The van der Waals surface area contributed by atoms with Gasteiger partial charge in [0.05, 0.1) is 10.7 Å². The molecule has 0 atom stereocenters. The number of nitrogens with one attached hydrogen (secondary N) is 1. The van der Waals surface area contributed by atoms with Crippen LogP contribution in [0.25, 0.3) is 0 Å². The topological polar surface area (TPSA) is 89.3 Å². The first kappa shape index (κ1) is 17.2. The molecule has 0 saturated heterocycles. The van der Waals surface area contributed by atoms with E-state index in [1.165, 1.54) is 30.0 Å². The van der Waals surface area contributed by atoms with Crippen LogP contribution in [0, 0.1) is 16.0 Å². The van der Waals surface area contributed by atoms with Crippen molar-refractivity contribution in [3.63, 3.8) is 0 Å². The fourth-order valence-electron chi connectivity index (χ4n) is 2.28. The summed E-state index contributed by atoms with van der Waals surface area (Å²) in [5.41, 5.74) is 0.935. The lowest BCUT2D eigenvalue weighted by molar-refractivity contribution is -0.384. The van der Waals surface area contributed by atoms with Gasteiger partial charge in [0.1, 0.15) is 0 Å². The monoisotopic (exact) mass is 356 g/mol. The zero-order valence-corrected chi connectivity index (χ0v) is 14.1. The summed E-state index contributed by atoms with van der Waals surface area (Å²) in [5, 5.41) is 13.7. The normalized spacial score (nSPS) is 13.3. The van der Waals surface area contributed by atoms with E-state index in [1.54, 1.807) is 6.07 Å². The van der Waals surface area contributed by atoms with Gasteiger partial charge in [0.2, 0.25) is 5.91 Å². The largest absolute Gasteiger partial charge is 0.326 e. The number of nitro groups is 1. The van der Waals surface area contributed by atoms with E-state index in [1.807, 2.05) is 24.3 Å². The summed E-state index contributed by atoms with van der Waals surface area (Å²) in [5.74, 6) is 0.156. The molecule has 7 heteroatoms. The number of nitro benzene ring substituents is 1. The van der Waals surface area contributed by atoms with E-state index in [-0.39, 0.29) is 29.0 Å². The van der Waals surface area contributed by atoms with Crippen LogP contribution < -0.4 is 5.32 Å². The van der Waals surface area contributed by atoms with Crippen molar-refractivity contribution in [3.05, 3.63) is 64.2 Å². The van der Waals surface area contributed by atoms with E-state index in [0.717, 1.165) is 17.7 Å². The van der Waals surface area contributed by atoms with Crippen molar-refractivity contribution in [2.45, 2.75) is 17.7 Å². The number of thioether (sulfide) groups is 1. The highest BCUT2D eigenvalue weighted by molar-refractivity contribution is 8.00. The Morgan fingerprint density at radius 2 is 1.92 bits per heavy atom. The molecule has 0 spiro atoms. The van der Waals surface area contributed by atoms with Crippen LogP contribution in [-0.2, 0) is 4.79 Å². The van der Waals surface area contributed by atoms with Crippen LogP contribution in [-0.4, -0.2) is 22.4 Å². The molecule has 0 aromatic heterocycles. The predicted octanol–water partition coefficient (Wildman–Crippen LogP) is 3.92. The van der Waals surface area contributed by atoms with Gasteiger partial charge in [-0.05, 0) is 31.0 Å². The van der Waals surface area contributed by atoms with Crippen LogP contribution in [0.5, 0.6) is 0 Å². The third-order valence-corrected chi connectivity index (χ3v) is 4.79. The summed E-state index contributed by atoms with van der Waals surface area (Å²) >= 11 is 1.33. The van der Waals surface area contributed by atoms with Crippen molar-refractivity contribution in [3.8, 4) is 0 Å². The number of nitrogens with zero attached hydrogens (tertiary/aromatic N) is 1. The molecule has 6 nitrogen and oxygen atoms in total. The van der Waals surface area contributed by atoms with E-state index < -0.39 is 4.92 Å². The molecule has 2 aromatic rings. The number of rotatable bonds is 7. The molecule has 1 aliphatic rings. The smallest absolute Gasteiger partial charge is 0.270 e. The minimum absolute atomic E-state index is 0.0369. The molecule has 0 radical (unpaired) electrons. The molecule has 3 rings (SSSR count). The van der Waals surface area contributed by atoms with Crippen molar-refractivity contribution in [1.29, 1.82) is 0 Å². The van der Waals surface area contributed by atoms with Crippen LogP contribution in [0.3, 0.4) is 0 Å². The Balaban J connectivity index is 1.61. The molecule has 1 N–H and O–H groups in total. The number of carbonyl (C=O) groups is 2. The van der Waals surface area contributed by atoms with E-state index in [0.29, 0.717) is 11.3 Å². The van der Waals surface area contributed by atoms with Crippen LogP contribution in [0.1, 0.15) is 23.2 Å². The highest BCUT2D eigenvalue weighted by atomic mass is 32.2. The lowest BCUT2D eigenvalue weighted by Gasteiger charge is -2.07. The molecular formula is C18H16N2O4S. The number of hydrogen-bond donors (Lipinski definition) is 1. The second kappa shape index (κ2) is 7.48. The number of amides is 1. The van der Waals surface area contributed by atoms with Crippen molar-refractivity contribution in [2.24, 2.45) is 5.92 Å². The van der Waals surface area contributed by atoms with Crippen molar-refractivity contribution < 1.29 is 14.5 Å². The highest BCUT2D eigenvalue weighted by Crippen LogP contribution is 2.31. The Morgan fingerprint density at radius 1 is 1.16 bits per heavy atom. The van der Waals surface area contributed by atoms with Gasteiger partial charge in [-0.25, -0.2) is 0 Å². The van der Waals surface area contributed by atoms with Crippen molar-refractivity contribution in [2.75, 3.05) is 11.1 Å². The molecule has 1 saturated carbocycles. The maximum atomic E-state index is 12.2. The van der Waals surface area contributed by atoms with Gasteiger partial charge in [-0.3, -0.25) is 19.7 Å². The SMILES string of the molecule is O=C(CSc1cccc(NC(=O)C2CC2)c1)c1cccc([N+](=O)[O-])c1. The number of anilines is 1. The van der Waals surface area contributed by atoms with Crippen LogP contribution in [0.15, 0.2) is 53.4 Å². The van der Waals surface area contributed by atoms with Gasteiger partial charge >= 0.3 is 0 Å². The third kappa shape index (κ3) is 4.67. The molecule has 0 bridgehead atoms. The Morgan fingerprint density at radius 3 is 2.64 bits per heavy atom. The van der Waals surface area contributed by atoms with E-state index >= 15 is 0 Å². The summed E-state index contributed by atoms with van der Waals surface area (Å²) in [6.45, 7) is 0. The molecule has 1 amide bonds. The zero-order valence-electron chi connectivity index (χ0n) is 13.3. The second-order valence-electron chi connectivity index (χ2n) is 5.81. The number of Topliss-reactive ketones (excluding diaryl/α,β-unsaturated/α-hetero) is 1. The summed E-state index contributed by atoms with van der Waals surface area (Å²) in [7, 11) is 0. The van der Waals surface area contributed by atoms with Crippen LogP contribution >= 0.6 is 11.8 Å². The van der Waals surface area contributed by atoms with E-state index in [9.17, 15) is 19.7 Å². The van der Waals surface area contributed by atoms with Crippen LogP contribution in [0.2, 0.25) is 0 Å².